The average Bonchev–Trinajstić information content (AvgIpc) is 2.87. The van der Waals surface area contributed by atoms with Crippen LogP contribution in [0.2, 0.25) is 0 Å². The fourth-order valence-corrected chi connectivity index (χ4v) is 3.97. The van der Waals surface area contributed by atoms with E-state index in [4.69, 9.17) is 0 Å². The average molecular weight is 214 g/mol. The lowest BCUT2D eigenvalue weighted by molar-refractivity contribution is 0.0576. The van der Waals surface area contributed by atoms with E-state index in [0.717, 1.165) is 6.42 Å². The van der Waals surface area contributed by atoms with Crippen LogP contribution in [0.3, 0.4) is 0 Å². The number of thioether (sulfide) groups is 1. The molecule has 1 saturated carbocycles. The standard InChI is InChI=1S/C12H22OS/c1-2-4-11-9-12(11,13)10-5-3-7-14-8-6-10/h10-11,13H,2-9H2,1H3. The Kier molecular flexibility index (Phi) is 3.43. The molecule has 1 heterocycles. The molecule has 3 atom stereocenters. The summed E-state index contributed by atoms with van der Waals surface area (Å²) in [5, 5.41) is 10.5. The molecule has 1 aliphatic carbocycles. The van der Waals surface area contributed by atoms with E-state index in [2.05, 4.69) is 18.7 Å². The minimum absolute atomic E-state index is 0.235. The molecule has 2 aliphatic rings. The summed E-state index contributed by atoms with van der Waals surface area (Å²) in [6.45, 7) is 2.22. The molecule has 0 amide bonds. The minimum Gasteiger partial charge on any atom is -0.389 e. The van der Waals surface area contributed by atoms with Gasteiger partial charge in [-0.3, -0.25) is 0 Å². The van der Waals surface area contributed by atoms with Crippen LogP contribution in [0.5, 0.6) is 0 Å². The molecule has 1 saturated heterocycles. The third-order valence-electron chi connectivity index (χ3n) is 3.92. The summed E-state index contributed by atoms with van der Waals surface area (Å²) in [7, 11) is 0. The number of aliphatic hydroxyl groups is 1. The van der Waals surface area contributed by atoms with Crippen molar-refractivity contribution >= 4 is 11.8 Å². The van der Waals surface area contributed by atoms with Crippen molar-refractivity contribution in [1.29, 1.82) is 0 Å². The van der Waals surface area contributed by atoms with Crippen molar-refractivity contribution in [2.75, 3.05) is 11.5 Å². The second-order valence-corrected chi connectivity index (χ2v) is 6.15. The molecule has 0 radical (unpaired) electrons. The van der Waals surface area contributed by atoms with Gasteiger partial charge in [0.25, 0.3) is 0 Å². The van der Waals surface area contributed by atoms with Gasteiger partial charge in [0, 0.05) is 0 Å². The van der Waals surface area contributed by atoms with Crippen molar-refractivity contribution < 1.29 is 5.11 Å². The maximum atomic E-state index is 10.5. The van der Waals surface area contributed by atoms with Gasteiger partial charge in [-0.1, -0.05) is 13.3 Å². The molecule has 82 valence electrons. The lowest BCUT2D eigenvalue weighted by Gasteiger charge is -2.21. The highest BCUT2D eigenvalue weighted by Gasteiger charge is 2.56. The Morgan fingerprint density at radius 2 is 2.21 bits per heavy atom. The van der Waals surface area contributed by atoms with Crippen molar-refractivity contribution in [2.45, 2.75) is 51.0 Å². The number of rotatable bonds is 3. The topological polar surface area (TPSA) is 20.2 Å². The van der Waals surface area contributed by atoms with Crippen LogP contribution in [0.15, 0.2) is 0 Å². The Hall–Kier alpha value is 0.310. The highest BCUT2D eigenvalue weighted by atomic mass is 32.2. The molecular formula is C12H22OS. The molecule has 0 aromatic rings. The molecule has 1 N–H and O–H groups in total. The lowest BCUT2D eigenvalue weighted by Crippen LogP contribution is -2.25. The minimum atomic E-state index is -0.235. The molecule has 3 unspecified atom stereocenters. The first kappa shape index (κ1) is 10.8. The van der Waals surface area contributed by atoms with E-state index in [1.54, 1.807) is 0 Å². The summed E-state index contributed by atoms with van der Waals surface area (Å²) in [4.78, 5) is 0. The first-order valence-electron chi connectivity index (χ1n) is 6.07. The van der Waals surface area contributed by atoms with Crippen LogP contribution in [0.4, 0.5) is 0 Å². The predicted molar refractivity (Wildman–Crippen MR) is 62.6 cm³/mol. The van der Waals surface area contributed by atoms with Crippen LogP contribution in [-0.2, 0) is 0 Å². The first-order chi connectivity index (χ1) is 6.77. The second-order valence-electron chi connectivity index (χ2n) is 4.92. The summed E-state index contributed by atoms with van der Waals surface area (Å²) < 4.78 is 0. The van der Waals surface area contributed by atoms with Gasteiger partial charge in [0.1, 0.15) is 0 Å². The molecular weight excluding hydrogens is 192 g/mol. The van der Waals surface area contributed by atoms with Crippen molar-refractivity contribution in [3.63, 3.8) is 0 Å². The monoisotopic (exact) mass is 214 g/mol. The molecule has 14 heavy (non-hydrogen) atoms. The fraction of sp³-hybridized carbons (Fsp3) is 1.00. The Bertz CT molecular complexity index is 187. The highest BCUT2D eigenvalue weighted by Crippen LogP contribution is 2.54. The Morgan fingerprint density at radius 1 is 1.36 bits per heavy atom. The summed E-state index contributed by atoms with van der Waals surface area (Å²) in [5.41, 5.74) is -0.235. The normalized spacial score (nSPS) is 43.3. The van der Waals surface area contributed by atoms with Crippen LogP contribution < -0.4 is 0 Å². The SMILES string of the molecule is CCCC1CC1(O)C1CCCSCC1. The van der Waals surface area contributed by atoms with Gasteiger partial charge in [0.05, 0.1) is 5.60 Å². The smallest absolute Gasteiger partial charge is 0.0708 e. The van der Waals surface area contributed by atoms with E-state index < -0.39 is 0 Å². The van der Waals surface area contributed by atoms with E-state index in [-0.39, 0.29) is 5.60 Å². The molecule has 0 bridgehead atoms. The van der Waals surface area contributed by atoms with Crippen molar-refractivity contribution in [3.05, 3.63) is 0 Å². The molecule has 0 aromatic carbocycles. The molecule has 2 heteroatoms. The maximum Gasteiger partial charge on any atom is 0.0708 e. The van der Waals surface area contributed by atoms with E-state index in [0.29, 0.717) is 11.8 Å². The summed E-state index contributed by atoms with van der Waals surface area (Å²) in [6, 6.07) is 0. The summed E-state index contributed by atoms with van der Waals surface area (Å²) >= 11 is 2.07. The molecule has 0 aromatic heterocycles. The first-order valence-corrected chi connectivity index (χ1v) is 7.23. The zero-order valence-electron chi connectivity index (χ0n) is 9.17. The largest absolute Gasteiger partial charge is 0.389 e. The Morgan fingerprint density at radius 3 is 3.00 bits per heavy atom. The molecule has 2 fully saturated rings. The lowest BCUT2D eigenvalue weighted by atomic mass is 9.90. The van der Waals surface area contributed by atoms with E-state index in [9.17, 15) is 5.11 Å². The Labute approximate surface area is 91.7 Å². The van der Waals surface area contributed by atoms with Crippen molar-refractivity contribution in [3.8, 4) is 0 Å². The van der Waals surface area contributed by atoms with Crippen LogP contribution in [0.25, 0.3) is 0 Å². The Balaban J connectivity index is 1.87. The van der Waals surface area contributed by atoms with Crippen LogP contribution in [0.1, 0.15) is 45.4 Å². The van der Waals surface area contributed by atoms with Crippen LogP contribution in [0, 0.1) is 11.8 Å². The molecule has 2 rings (SSSR count). The number of hydrogen-bond acceptors (Lipinski definition) is 2. The highest BCUT2D eigenvalue weighted by molar-refractivity contribution is 7.99. The third-order valence-corrected chi connectivity index (χ3v) is 5.02. The third kappa shape index (κ3) is 2.11. The quantitative estimate of drug-likeness (QED) is 0.779. The van der Waals surface area contributed by atoms with Gasteiger partial charge in [-0.05, 0) is 55.4 Å². The van der Waals surface area contributed by atoms with Gasteiger partial charge in [0.2, 0.25) is 0 Å². The number of hydrogen-bond donors (Lipinski definition) is 1. The zero-order valence-corrected chi connectivity index (χ0v) is 9.98. The van der Waals surface area contributed by atoms with Crippen molar-refractivity contribution in [2.24, 2.45) is 11.8 Å². The van der Waals surface area contributed by atoms with E-state index in [1.807, 2.05) is 0 Å². The van der Waals surface area contributed by atoms with Crippen molar-refractivity contribution in [1.82, 2.24) is 0 Å². The van der Waals surface area contributed by atoms with E-state index in [1.165, 1.54) is 43.6 Å². The van der Waals surface area contributed by atoms with Gasteiger partial charge in [0.15, 0.2) is 0 Å². The predicted octanol–water partition coefficient (Wildman–Crippen LogP) is 3.07. The van der Waals surface area contributed by atoms with E-state index >= 15 is 0 Å². The van der Waals surface area contributed by atoms with Gasteiger partial charge >= 0.3 is 0 Å². The molecule has 1 aliphatic heterocycles. The summed E-state index contributed by atoms with van der Waals surface area (Å²) in [5.74, 6) is 3.84. The zero-order chi connectivity index (χ0) is 10.0. The second kappa shape index (κ2) is 4.44. The fourth-order valence-electron chi connectivity index (χ4n) is 2.94. The van der Waals surface area contributed by atoms with Gasteiger partial charge < -0.3 is 5.11 Å². The van der Waals surface area contributed by atoms with Gasteiger partial charge in [-0.15, -0.1) is 0 Å². The van der Waals surface area contributed by atoms with Gasteiger partial charge in [-0.25, -0.2) is 0 Å². The maximum absolute atomic E-state index is 10.5. The molecule has 1 nitrogen and oxygen atoms in total. The summed E-state index contributed by atoms with van der Waals surface area (Å²) in [6.07, 6.45) is 7.40. The van der Waals surface area contributed by atoms with Crippen LogP contribution in [-0.4, -0.2) is 22.2 Å². The van der Waals surface area contributed by atoms with Gasteiger partial charge in [-0.2, -0.15) is 11.8 Å². The van der Waals surface area contributed by atoms with Crippen LogP contribution >= 0.6 is 11.8 Å². The molecule has 0 spiro atoms.